The molecule has 0 spiro atoms. The van der Waals surface area contributed by atoms with Crippen LogP contribution in [0.5, 0.6) is 0 Å². The molecule has 3 nitrogen and oxygen atoms in total. The molecule has 0 aliphatic carbocycles. The van der Waals surface area contributed by atoms with Crippen molar-refractivity contribution < 1.29 is 0 Å². The molecule has 0 aliphatic heterocycles. The SMILES string of the molecule is CC(C)Cc1nc(Cl)c2cccc(CN)n12. The van der Waals surface area contributed by atoms with Gasteiger partial charge < -0.3 is 5.73 Å². The first kappa shape index (κ1) is 11.4. The van der Waals surface area contributed by atoms with Crippen molar-refractivity contribution in [3.63, 3.8) is 0 Å². The molecule has 2 aromatic heterocycles. The second-order valence-corrected chi connectivity index (χ2v) is 4.72. The van der Waals surface area contributed by atoms with E-state index < -0.39 is 0 Å². The van der Waals surface area contributed by atoms with Crippen LogP contribution in [-0.2, 0) is 13.0 Å². The molecule has 0 amide bonds. The van der Waals surface area contributed by atoms with Crippen molar-refractivity contribution in [2.24, 2.45) is 11.7 Å². The summed E-state index contributed by atoms with van der Waals surface area (Å²) >= 11 is 6.12. The van der Waals surface area contributed by atoms with Crippen LogP contribution in [0.4, 0.5) is 0 Å². The molecule has 2 N–H and O–H groups in total. The molecular formula is C12H16ClN3. The smallest absolute Gasteiger partial charge is 0.155 e. The predicted molar refractivity (Wildman–Crippen MR) is 66.6 cm³/mol. The Bertz CT molecular complexity index is 502. The van der Waals surface area contributed by atoms with Gasteiger partial charge in [-0.25, -0.2) is 4.98 Å². The molecule has 0 saturated carbocycles. The fraction of sp³-hybridized carbons (Fsp3) is 0.417. The van der Waals surface area contributed by atoms with E-state index in [0.717, 1.165) is 23.5 Å². The summed E-state index contributed by atoms with van der Waals surface area (Å²) < 4.78 is 2.07. The third-order valence-corrected chi connectivity index (χ3v) is 2.85. The van der Waals surface area contributed by atoms with Gasteiger partial charge in [-0.2, -0.15) is 0 Å². The number of halogens is 1. The summed E-state index contributed by atoms with van der Waals surface area (Å²) in [5, 5.41) is 0.561. The van der Waals surface area contributed by atoms with Gasteiger partial charge in [-0.15, -0.1) is 0 Å². The summed E-state index contributed by atoms with van der Waals surface area (Å²) in [6.45, 7) is 4.83. The van der Waals surface area contributed by atoms with E-state index in [1.54, 1.807) is 0 Å². The van der Waals surface area contributed by atoms with Gasteiger partial charge in [0, 0.05) is 18.7 Å². The highest BCUT2D eigenvalue weighted by Crippen LogP contribution is 2.21. The van der Waals surface area contributed by atoms with Gasteiger partial charge in [0.05, 0.1) is 5.52 Å². The van der Waals surface area contributed by atoms with E-state index in [1.807, 2.05) is 18.2 Å². The largest absolute Gasteiger partial charge is 0.325 e. The second kappa shape index (κ2) is 4.44. The van der Waals surface area contributed by atoms with Crippen molar-refractivity contribution in [3.8, 4) is 0 Å². The van der Waals surface area contributed by atoms with E-state index in [-0.39, 0.29) is 0 Å². The number of rotatable bonds is 3. The number of hydrogen-bond acceptors (Lipinski definition) is 2. The Kier molecular flexibility index (Phi) is 3.17. The molecule has 0 atom stereocenters. The Morgan fingerprint density at radius 3 is 2.81 bits per heavy atom. The average molecular weight is 238 g/mol. The Morgan fingerprint density at radius 2 is 2.19 bits per heavy atom. The lowest BCUT2D eigenvalue weighted by Gasteiger charge is -2.08. The first-order chi connectivity index (χ1) is 7.63. The highest BCUT2D eigenvalue weighted by Gasteiger charge is 2.12. The van der Waals surface area contributed by atoms with Gasteiger partial charge >= 0.3 is 0 Å². The van der Waals surface area contributed by atoms with E-state index in [0.29, 0.717) is 17.6 Å². The van der Waals surface area contributed by atoms with Gasteiger partial charge in [0.2, 0.25) is 0 Å². The summed E-state index contributed by atoms with van der Waals surface area (Å²) in [7, 11) is 0. The molecule has 0 aromatic carbocycles. The van der Waals surface area contributed by atoms with Gasteiger partial charge in [0.1, 0.15) is 5.82 Å². The highest BCUT2D eigenvalue weighted by atomic mass is 35.5. The lowest BCUT2D eigenvalue weighted by atomic mass is 10.1. The number of fused-ring (bicyclic) bond motifs is 1. The summed E-state index contributed by atoms with van der Waals surface area (Å²) in [5.41, 5.74) is 7.73. The van der Waals surface area contributed by atoms with E-state index in [2.05, 4.69) is 23.2 Å². The number of nitrogens with zero attached hydrogens (tertiary/aromatic N) is 2. The van der Waals surface area contributed by atoms with Crippen LogP contribution in [0.25, 0.3) is 5.52 Å². The number of aromatic nitrogens is 2. The quantitative estimate of drug-likeness (QED) is 0.892. The summed E-state index contributed by atoms with van der Waals surface area (Å²) in [5.74, 6) is 1.54. The minimum atomic E-state index is 0.495. The Morgan fingerprint density at radius 1 is 1.44 bits per heavy atom. The number of hydrogen-bond donors (Lipinski definition) is 1. The van der Waals surface area contributed by atoms with Gasteiger partial charge in [0.25, 0.3) is 0 Å². The Labute approximate surface area is 100 Å². The molecule has 2 rings (SSSR count). The van der Waals surface area contributed by atoms with Crippen LogP contribution in [0.3, 0.4) is 0 Å². The van der Waals surface area contributed by atoms with Crippen molar-refractivity contribution in [1.29, 1.82) is 0 Å². The minimum absolute atomic E-state index is 0.495. The molecule has 0 aliphatic rings. The van der Waals surface area contributed by atoms with Crippen LogP contribution in [0.1, 0.15) is 25.4 Å². The van der Waals surface area contributed by atoms with Crippen LogP contribution < -0.4 is 5.73 Å². The molecule has 0 fully saturated rings. The lowest BCUT2D eigenvalue weighted by molar-refractivity contribution is 0.615. The zero-order chi connectivity index (χ0) is 11.7. The van der Waals surface area contributed by atoms with Gasteiger partial charge in [-0.05, 0) is 18.1 Å². The van der Waals surface area contributed by atoms with Crippen LogP contribution >= 0.6 is 11.6 Å². The molecule has 4 heteroatoms. The first-order valence-corrected chi connectivity index (χ1v) is 5.86. The number of nitrogens with two attached hydrogens (primary N) is 1. The van der Waals surface area contributed by atoms with Crippen molar-refractivity contribution in [2.75, 3.05) is 0 Å². The summed E-state index contributed by atoms with van der Waals surface area (Å²) in [6.07, 6.45) is 0.908. The topological polar surface area (TPSA) is 43.3 Å². The predicted octanol–water partition coefficient (Wildman–Crippen LogP) is 2.64. The average Bonchev–Trinajstić information content (AvgIpc) is 2.55. The normalized spacial score (nSPS) is 11.6. The summed E-state index contributed by atoms with van der Waals surface area (Å²) in [6, 6.07) is 5.94. The molecule has 86 valence electrons. The standard InChI is InChI=1S/C12H16ClN3/c1-8(2)6-11-15-12(13)10-5-3-4-9(7-14)16(10)11/h3-5,8H,6-7,14H2,1-2H3. The zero-order valence-electron chi connectivity index (χ0n) is 9.57. The fourth-order valence-electron chi connectivity index (χ4n) is 1.90. The lowest BCUT2D eigenvalue weighted by Crippen LogP contribution is -2.08. The van der Waals surface area contributed by atoms with E-state index in [9.17, 15) is 0 Å². The molecule has 2 aromatic rings. The third-order valence-electron chi connectivity index (χ3n) is 2.57. The van der Waals surface area contributed by atoms with E-state index in [1.165, 1.54) is 0 Å². The van der Waals surface area contributed by atoms with Crippen molar-refractivity contribution in [1.82, 2.24) is 9.38 Å². The second-order valence-electron chi connectivity index (χ2n) is 4.36. The van der Waals surface area contributed by atoms with Gasteiger partial charge in [0.15, 0.2) is 5.15 Å². The van der Waals surface area contributed by atoms with Crippen LogP contribution in [0.2, 0.25) is 5.15 Å². The molecule has 0 unspecified atom stereocenters. The Balaban J connectivity index is 2.64. The maximum absolute atomic E-state index is 6.12. The highest BCUT2D eigenvalue weighted by molar-refractivity contribution is 6.32. The van der Waals surface area contributed by atoms with Crippen LogP contribution in [0, 0.1) is 5.92 Å². The zero-order valence-corrected chi connectivity index (χ0v) is 10.3. The molecule has 16 heavy (non-hydrogen) atoms. The Hall–Kier alpha value is -1.06. The van der Waals surface area contributed by atoms with E-state index >= 15 is 0 Å². The maximum Gasteiger partial charge on any atom is 0.155 e. The molecule has 2 heterocycles. The van der Waals surface area contributed by atoms with Crippen molar-refractivity contribution in [2.45, 2.75) is 26.8 Å². The molecule has 0 saturated heterocycles. The number of imidazole rings is 1. The molecule has 0 radical (unpaired) electrons. The fourth-order valence-corrected chi connectivity index (χ4v) is 2.15. The van der Waals surface area contributed by atoms with Crippen molar-refractivity contribution >= 4 is 17.1 Å². The van der Waals surface area contributed by atoms with Crippen LogP contribution in [0.15, 0.2) is 18.2 Å². The first-order valence-electron chi connectivity index (χ1n) is 5.48. The third kappa shape index (κ3) is 1.93. The van der Waals surface area contributed by atoms with Gasteiger partial charge in [-0.3, -0.25) is 4.40 Å². The monoisotopic (exact) mass is 237 g/mol. The maximum atomic E-state index is 6.12. The van der Waals surface area contributed by atoms with Crippen molar-refractivity contribution in [3.05, 3.63) is 34.9 Å². The van der Waals surface area contributed by atoms with Gasteiger partial charge in [-0.1, -0.05) is 31.5 Å². The van der Waals surface area contributed by atoms with Crippen LogP contribution in [-0.4, -0.2) is 9.38 Å². The summed E-state index contributed by atoms with van der Waals surface area (Å²) in [4.78, 5) is 4.41. The van der Waals surface area contributed by atoms with E-state index in [4.69, 9.17) is 17.3 Å². The molecule has 0 bridgehead atoms. The molecular weight excluding hydrogens is 222 g/mol. The number of pyridine rings is 1. The minimum Gasteiger partial charge on any atom is -0.325 e.